The van der Waals surface area contributed by atoms with E-state index in [0.717, 1.165) is 22.1 Å². The van der Waals surface area contributed by atoms with Crippen molar-refractivity contribution in [2.75, 3.05) is 6.61 Å². The van der Waals surface area contributed by atoms with Gasteiger partial charge >= 0.3 is 7.12 Å². The SMILES string of the molecule is CCOc1ccc(B2OC(C)(C)C(C)(C)O2)c2cccnc12. The molecule has 0 unspecified atom stereocenters. The molecule has 1 aliphatic rings. The van der Waals surface area contributed by atoms with Crippen molar-refractivity contribution in [2.24, 2.45) is 0 Å². The number of hydrogen-bond acceptors (Lipinski definition) is 4. The van der Waals surface area contributed by atoms with Gasteiger partial charge in [0.1, 0.15) is 11.3 Å². The molecule has 0 N–H and O–H groups in total. The molecule has 0 bridgehead atoms. The summed E-state index contributed by atoms with van der Waals surface area (Å²) in [5.74, 6) is 0.790. The van der Waals surface area contributed by atoms with Gasteiger partial charge in [-0.2, -0.15) is 0 Å². The van der Waals surface area contributed by atoms with Crippen molar-refractivity contribution in [3.63, 3.8) is 0 Å². The molecule has 1 aromatic carbocycles. The van der Waals surface area contributed by atoms with Crippen LogP contribution in [0.2, 0.25) is 0 Å². The van der Waals surface area contributed by atoms with Crippen molar-refractivity contribution in [3.05, 3.63) is 30.5 Å². The quantitative estimate of drug-likeness (QED) is 0.817. The second-order valence-corrected chi connectivity index (χ2v) is 6.57. The topological polar surface area (TPSA) is 40.6 Å². The summed E-state index contributed by atoms with van der Waals surface area (Å²) >= 11 is 0. The predicted molar refractivity (Wildman–Crippen MR) is 88.6 cm³/mol. The van der Waals surface area contributed by atoms with Crippen LogP contribution < -0.4 is 10.2 Å². The van der Waals surface area contributed by atoms with Crippen LogP contribution in [0.3, 0.4) is 0 Å². The Kier molecular flexibility index (Phi) is 3.65. The summed E-state index contributed by atoms with van der Waals surface area (Å²) < 4.78 is 18.0. The molecule has 4 nitrogen and oxygen atoms in total. The summed E-state index contributed by atoms with van der Waals surface area (Å²) in [6, 6.07) is 7.91. The lowest BCUT2D eigenvalue weighted by Crippen LogP contribution is -2.41. The van der Waals surface area contributed by atoms with E-state index in [1.54, 1.807) is 6.20 Å². The van der Waals surface area contributed by atoms with E-state index in [0.29, 0.717) is 6.61 Å². The number of ether oxygens (including phenoxy) is 1. The Morgan fingerprint density at radius 1 is 1.09 bits per heavy atom. The van der Waals surface area contributed by atoms with Crippen LogP contribution >= 0.6 is 0 Å². The van der Waals surface area contributed by atoms with Gasteiger partial charge in [-0.1, -0.05) is 12.1 Å². The van der Waals surface area contributed by atoms with Crippen LogP contribution in [-0.2, 0) is 9.31 Å². The van der Waals surface area contributed by atoms with E-state index < -0.39 is 7.12 Å². The molecule has 116 valence electrons. The maximum absolute atomic E-state index is 6.17. The second kappa shape index (κ2) is 5.25. The van der Waals surface area contributed by atoms with Gasteiger partial charge in [0, 0.05) is 11.6 Å². The lowest BCUT2D eigenvalue weighted by molar-refractivity contribution is 0.00578. The lowest BCUT2D eigenvalue weighted by atomic mass is 9.76. The van der Waals surface area contributed by atoms with Crippen molar-refractivity contribution in [2.45, 2.75) is 45.8 Å². The van der Waals surface area contributed by atoms with Crippen LogP contribution in [0.15, 0.2) is 30.5 Å². The zero-order valence-corrected chi connectivity index (χ0v) is 13.8. The molecule has 0 spiro atoms. The van der Waals surface area contributed by atoms with Gasteiger partial charge in [-0.25, -0.2) is 0 Å². The molecule has 3 rings (SSSR count). The summed E-state index contributed by atoms with van der Waals surface area (Å²) in [5, 5.41) is 1.01. The highest BCUT2D eigenvalue weighted by atomic mass is 16.7. The van der Waals surface area contributed by atoms with Gasteiger partial charge in [0.15, 0.2) is 0 Å². The van der Waals surface area contributed by atoms with Crippen LogP contribution in [0.4, 0.5) is 0 Å². The maximum Gasteiger partial charge on any atom is 0.495 e. The number of benzene rings is 1. The van der Waals surface area contributed by atoms with E-state index in [-0.39, 0.29) is 11.2 Å². The maximum atomic E-state index is 6.17. The third-order valence-electron chi connectivity index (χ3n) is 4.57. The first kappa shape index (κ1) is 15.3. The number of aromatic nitrogens is 1. The zero-order chi connectivity index (χ0) is 16.0. The highest BCUT2D eigenvalue weighted by Crippen LogP contribution is 2.37. The fourth-order valence-corrected chi connectivity index (χ4v) is 2.62. The third kappa shape index (κ3) is 2.38. The first-order valence-corrected chi connectivity index (χ1v) is 7.72. The fraction of sp³-hybridized carbons (Fsp3) is 0.471. The number of hydrogen-bond donors (Lipinski definition) is 0. The van der Waals surface area contributed by atoms with Crippen LogP contribution in [0.5, 0.6) is 5.75 Å². The average molecular weight is 299 g/mol. The van der Waals surface area contributed by atoms with Crippen molar-refractivity contribution in [3.8, 4) is 5.75 Å². The molecule has 1 aliphatic heterocycles. The van der Waals surface area contributed by atoms with Gasteiger partial charge in [-0.15, -0.1) is 0 Å². The minimum Gasteiger partial charge on any atom is -0.492 e. The third-order valence-corrected chi connectivity index (χ3v) is 4.57. The smallest absolute Gasteiger partial charge is 0.492 e. The summed E-state index contributed by atoms with van der Waals surface area (Å²) in [5.41, 5.74) is 1.12. The molecule has 5 heteroatoms. The van der Waals surface area contributed by atoms with E-state index >= 15 is 0 Å². The molecule has 1 saturated heterocycles. The Labute approximate surface area is 131 Å². The molecule has 22 heavy (non-hydrogen) atoms. The van der Waals surface area contributed by atoms with Gasteiger partial charge < -0.3 is 14.0 Å². The molecule has 2 aromatic rings. The minimum absolute atomic E-state index is 0.356. The van der Waals surface area contributed by atoms with E-state index in [1.807, 2.05) is 31.2 Å². The Morgan fingerprint density at radius 3 is 2.41 bits per heavy atom. The highest BCUT2D eigenvalue weighted by molar-refractivity contribution is 6.65. The second-order valence-electron chi connectivity index (χ2n) is 6.57. The average Bonchev–Trinajstić information content (AvgIpc) is 2.68. The first-order chi connectivity index (χ1) is 10.4. The number of nitrogens with zero attached hydrogens (tertiary/aromatic N) is 1. The summed E-state index contributed by atoms with van der Waals surface area (Å²) in [6.07, 6.45) is 1.78. The zero-order valence-electron chi connectivity index (χ0n) is 13.8. The molecule has 1 fully saturated rings. The minimum atomic E-state index is -0.396. The van der Waals surface area contributed by atoms with Gasteiger partial charge in [0.05, 0.1) is 17.8 Å². The number of rotatable bonds is 3. The van der Waals surface area contributed by atoms with Crippen LogP contribution in [0, 0.1) is 0 Å². The first-order valence-electron chi connectivity index (χ1n) is 7.72. The van der Waals surface area contributed by atoms with Gasteiger partial charge in [0.25, 0.3) is 0 Å². The predicted octanol–water partition coefficient (Wildman–Crippen LogP) is 2.93. The molecule has 0 saturated carbocycles. The van der Waals surface area contributed by atoms with Crippen molar-refractivity contribution in [1.29, 1.82) is 0 Å². The fourth-order valence-electron chi connectivity index (χ4n) is 2.62. The molecule has 1 aromatic heterocycles. The Balaban J connectivity index is 2.08. The van der Waals surface area contributed by atoms with Gasteiger partial charge in [-0.05, 0) is 52.2 Å². The van der Waals surface area contributed by atoms with Crippen LogP contribution in [0.25, 0.3) is 10.9 Å². The highest BCUT2D eigenvalue weighted by Gasteiger charge is 2.52. The van der Waals surface area contributed by atoms with Crippen LogP contribution in [0.1, 0.15) is 34.6 Å². The molecule has 0 amide bonds. The van der Waals surface area contributed by atoms with Crippen molar-refractivity contribution < 1.29 is 14.0 Å². The number of fused-ring (bicyclic) bond motifs is 1. The molecule has 0 radical (unpaired) electrons. The van der Waals surface area contributed by atoms with Crippen molar-refractivity contribution >= 4 is 23.5 Å². The summed E-state index contributed by atoms with van der Waals surface area (Å²) in [4.78, 5) is 4.47. The van der Waals surface area contributed by atoms with Gasteiger partial charge in [-0.3, -0.25) is 4.98 Å². The number of pyridine rings is 1. The van der Waals surface area contributed by atoms with E-state index in [1.165, 1.54) is 0 Å². The van der Waals surface area contributed by atoms with Crippen molar-refractivity contribution in [1.82, 2.24) is 4.98 Å². The lowest BCUT2D eigenvalue weighted by Gasteiger charge is -2.32. The standard InChI is InChI=1S/C17H22BNO3/c1-6-20-14-10-9-13(12-8-7-11-19-15(12)14)18-21-16(2,3)17(4,5)22-18/h7-11H,6H2,1-5H3. The monoisotopic (exact) mass is 299 g/mol. The summed E-state index contributed by atoms with van der Waals surface area (Å²) in [6.45, 7) is 10.8. The van der Waals surface area contributed by atoms with Crippen LogP contribution in [-0.4, -0.2) is 29.9 Å². The summed E-state index contributed by atoms with van der Waals surface area (Å²) in [7, 11) is -0.396. The molecular formula is C17H22BNO3. The largest absolute Gasteiger partial charge is 0.495 e. The molecule has 0 atom stereocenters. The van der Waals surface area contributed by atoms with E-state index in [4.69, 9.17) is 14.0 Å². The molecule has 2 heterocycles. The Bertz CT molecular complexity index is 683. The Morgan fingerprint density at radius 2 is 1.77 bits per heavy atom. The molecular weight excluding hydrogens is 277 g/mol. The van der Waals surface area contributed by atoms with Gasteiger partial charge in [0.2, 0.25) is 0 Å². The normalized spacial score (nSPS) is 19.6. The van der Waals surface area contributed by atoms with E-state index in [9.17, 15) is 0 Å². The Hall–Kier alpha value is -1.59. The molecule has 0 aliphatic carbocycles. The van der Waals surface area contributed by atoms with E-state index in [2.05, 4.69) is 32.7 Å².